The first-order valence-corrected chi connectivity index (χ1v) is 11.9. The molecule has 2 amide bonds. The molecule has 8 nitrogen and oxygen atoms in total. The topological polar surface area (TPSA) is 105 Å². The molecule has 1 unspecified atom stereocenters. The van der Waals surface area contributed by atoms with E-state index in [0.717, 1.165) is 11.8 Å². The molecule has 1 heterocycles. The minimum Gasteiger partial charge on any atom is -0.385 e. The molecular formula is C21H23N3O5S2. The fraction of sp³-hybridized carbons (Fsp3) is 0.286. The fourth-order valence-electron chi connectivity index (χ4n) is 2.93. The number of amidine groups is 1. The minimum atomic E-state index is -3.99. The largest absolute Gasteiger partial charge is 0.385 e. The van der Waals surface area contributed by atoms with Crippen molar-refractivity contribution in [3.63, 3.8) is 0 Å². The maximum Gasteiger partial charge on any atom is 0.284 e. The van der Waals surface area contributed by atoms with Gasteiger partial charge >= 0.3 is 0 Å². The molecule has 0 aromatic heterocycles. The van der Waals surface area contributed by atoms with Gasteiger partial charge in [0.15, 0.2) is 5.17 Å². The average Bonchev–Trinajstić information content (AvgIpc) is 3.03. The van der Waals surface area contributed by atoms with E-state index in [1.165, 1.54) is 17.0 Å². The maximum atomic E-state index is 12.9. The number of carbonyl (C=O) groups excluding carboxylic acids is 2. The predicted molar refractivity (Wildman–Crippen MR) is 120 cm³/mol. The predicted octanol–water partition coefficient (Wildman–Crippen LogP) is 2.74. The number of ether oxygens (including phenoxy) is 1. The Morgan fingerprint density at radius 3 is 2.42 bits per heavy atom. The van der Waals surface area contributed by atoms with Gasteiger partial charge < -0.3 is 10.1 Å². The molecule has 2 aromatic carbocycles. The highest BCUT2D eigenvalue weighted by Crippen LogP contribution is 2.31. The number of nitrogens with zero attached hydrogens (tertiary/aromatic N) is 2. The van der Waals surface area contributed by atoms with Crippen LogP contribution in [-0.2, 0) is 24.3 Å². The summed E-state index contributed by atoms with van der Waals surface area (Å²) in [5.74, 6) is -0.674. The molecule has 1 aliphatic rings. The van der Waals surface area contributed by atoms with Crippen LogP contribution in [0.5, 0.6) is 0 Å². The van der Waals surface area contributed by atoms with Crippen LogP contribution in [0.25, 0.3) is 0 Å². The maximum absolute atomic E-state index is 12.9. The van der Waals surface area contributed by atoms with Gasteiger partial charge in [0, 0.05) is 32.4 Å². The van der Waals surface area contributed by atoms with E-state index >= 15 is 0 Å². The second-order valence-corrected chi connectivity index (χ2v) is 9.50. The van der Waals surface area contributed by atoms with E-state index in [9.17, 15) is 18.0 Å². The highest BCUT2D eigenvalue weighted by Gasteiger charge is 2.40. The number of para-hydroxylation sites is 1. The zero-order valence-electron chi connectivity index (χ0n) is 16.9. The number of nitrogens with one attached hydrogen (secondary N) is 1. The van der Waals surface area contributed by atoms with Gasteiger partial charge in [-0.2, -0.15) is 8.42 Å². The fourth-order valence-corrected chi connectivity index (χ4v) is 5.33. The lowest BCUT2D eigenvalue weighted by molar-refractivity contribution is -0.128. The first-order chi connectivity index (χ1) is 14.9. The quantitative estimate of drug-likeness (QED) is 0.576. The third kappa shape index (κ3) is 6.16. The van der Waals surface area contributed by atoms with Crippen LogP contribution in [-0.4, -0.2) is 55.8 Å². The van der Waals surface area contributed by atoms with Gasteiger partial charge in [-0.05, 0) is 30.7 Å². The summed E-state index contributed by atoms with van der Waals surface area (Å²) < 4.78 is 34.3. The summed E-state index contributed by atoms with van der Waals surface area (Å²) >= 11 is 0.991. The Bertz CT molecular complexity index is 1040. The number of hydrogen-bond donors (Lipinski definition) is 1. The lowest BCUT2D eigenvalue weighted by atomic mass is 10.2. The summed E-state index contributed by atoms with van der Waals surface area (Å²) in [6.07, 6.45) is 0.416. The second-order valence-electron chi connectivity index (χ2n) is 6.72. The molecule has 3 rings (SSSR count). The van der Waals surface area contributed by atoms with Crippen molar-refractivity contribution in [1.82, 2.24) is 4.90 Å². The minimum absolute atomic E-state index is 0.0395. The zero-order chi connectivity index (χ0) is 22.3. The molecule has 1 N–H and O–H groups in total. The van der Waals surface area contributed by atoms with Gasteiger partial charge in [-0.15, -0.1) is 4.40 Å². The molecule has 1 saturated heterocycles. The number of anilines is 1. The van der Waals surface area contributed by atoms with Gasteiger partial charge in [-0.25, -0.2) is 0 Å². The number of thioether (sulfide) groups is 1. The van der Waals surface area contributed by atoms with Crippen LogP contribution in [0.15, 0.2) is 70.0 Å². The summed E-state index contributed by atoms with van der Waals surface area (Å²) in [6, 6.07) is 16.7. The lowest BCUT2D eigenvalue weighted by Crippen LogP contribution is -2.35. The van der Waals surface area contributed by atoms with Gasteiger partial charge in [-0.3, -0.25) is 14.5 Å². The van der Waals surface area contributed by atoms with Gasteiger partial charge in [0.1, 0.15) is 5.25 Å². The van der Waals surface area contributed by atoms with E-state index in [4.69, 9.17) is 4.74 Å². The molecule has 1 fully saturated rings. The molecule has 1 atom stereocenters. The molecule has 164 valence electrons. The lowest BCUT2D eigenvalue weighted by Gasteiger charge is -2.16. The first kappa shape index (κ1) is 23.0. The standard InChI is InChI=1S/C21H23N3O5S2/c1-29-14-8-13-24-20(26)18(15-19(25)22-16-9-4-2-5-10-16)30-21(24)23-31(27,28)17-11-6-3-7-12-17/h2-7,9-12,18H,8,13-15H2,1H3,(H,22,25)/b23-21-. The number of hydrogen-bond acceptors (Lipinski definition) is 6. The first-order valence-electron chi connectivity index (χ1n) is 9.62. The van der Waals surface area contributed by atoms with Gasteiger partial charge in [0.05, 0.1) is 4.90 Å². The molecule has 10 heteroatoms. The van der Waals surface area contributed by atoms with E-state index in [-0.39, 0.29) is 34.8 Å². The van der Waals surface area contributed by atoms with Crippen molar-refractivity contribution >= 4 is 44.5 Å². The van der Waals surface area contributed by atoms with Crippen molar-refractivity contribution < 1.29 is 22.7 Å². The highest BCUT2D eigenvalue weighted by atomic mass is 32.2. The van der Waals surface area contributed by atoms with Crippen LogP contribution in [0.4, 0.5) is 5.69 Å². The summed E-state index contributed by atoms with van der Waals surface area (Å²) in [5, 5.41) is 2.06. The van der Waals surface area contributed by atoms with Crippen LogP contribution < -0.4 is 5.32 Å². The number of sulfonamides is 1. The Morgan fingerprint density at radius 2 is 1.77 bits per heavy atom. The third-order valence-electron chi connectivity index (χ3n) is 4.42. The Morgan fingerprint density at radius 1 is 1.13 bits per heavy atom. The normalized spacial score (nSPS) is 17.8. The van der Waals surface area contributed by atoms with Crippen molar-refractivity contribution in [3.05, 3.63) is 60.7 Å². The van der Waals surface area contributed by atoms with Gasteiger partial charge in [-0.1, -0.05) is 48.2 Å². The van der Waals surface area contributed by atoms with Crippen molar-refractivity contribution in [3.8, 4) is 0 Å². The Balaban J connectivity index is 1.78. The average molecular weight is 462 g/mol. The molecule has 31 heavy (non-hydrogen) atoms. The second kappa shape index (κ2) is 10.6. The number of amides is 2. The molecule has 0 bridgehead atoms. The summed E-state index contributed by atoms with van der Waals surface area (Å²) in [6.45, 7) is 0.659. The van der Waals surface area contributed by atoms with E-state index in [1.807, 2.05) is 6.07 Å². The molecule has 0 saturated carbocycles. The van der Waals surface area contributed by atoms with E-state index in [0.29, 0.717) is 18.7 Å². The molecule has 1 aliphatic heterocycles. The van der Waals surface area contributed by atoms with Crippen LogP contribution in [0.3, 0.4) is 0 Å². The molecule has 0 spiro atoms. The number of carbonyl (C=O) groups is 2. The van der Waals surface area contributed by atoms with Crippen molar-refractivity contribution in [2.45, 2.75) is 23.0 Å². The summed E-state index contributed by atoms with van der Waals surface area (Å²) in [7, 11) is -2.44. The van der Waals surface area contributed by atoms with Crippen LogP contribution >= 0.6 is 11.8 Å². The van der Waals surface area contributed by atoms with Crippen molar-refractivity contribution in [2.75, 3.05) is 25.6 Å². The monoisotopic (exact) mass is 461 g/mol. The van der Waals surface area contributed by atoms with E-state index in [2.05, 4.69) is 9.71 Å². The summed E-state index contributed by atoms with van der Waals surface area (Å²) in [5.41, 5.74) is 0.625. The Hall–Kier alpha value is -2.69. The Labute approximate surface area is 185 Å². The number of benzene rings is 2. The van der Waals surface area contributed by atoms with Crippen LogP contribution in [0.1, 0.15) is 12.8 Å². The SMILES string of the molecule is COCCCN1C(=O)C(CC(=O)Nc2ccccc2)S/C1=N\S(=O)(=O)c1ccccc1. The Kier molecular flexibility index (Phi) is 7.83. The highest BCUT2D eigenvalue weighted by molar-refractivity contribution is 8.16. The van der Waals surface area contributed by atoms with E-state index < -0.39 is 15.3 Å². The molecular weight excluding hydrogens is 438 g/mol. The van der Waals surface area contributed by atoms with Crippen molar-refractivity contribution in [1.29, 1.82) is 0 Å². The molecule has 0 aliphatic carbocycles. The summed E-state index contributed by atoms with van der Waals surface area (Å²) in [4.78, 5) is 26.7. The zero-order valence-corrected chi connectivity index (χ0v) is 18.6. The number of methoxy groups -OCH3 is 1. The van der Waals surface area contributed by atoms with Gasteiger partial charge in [0.2, 0.25) is 11.8 Å². The molecule has 2 aromatic rings. The third-order valence-corrected chi connectivity index (χ3v) is 6.99. The van der Waals surface area contributed by atoms with Gasteiger partial charge in [0.25, 0.3) is 10.0 Å². The van der Waals surface area contributed by atoms with E-state index in [1.54, 1.807) is 49.6 Å². The number of rotatable bonds is 9. The van der Waals surface area contributed by atoms with Crippen molar-refractivity contribution in [2.24, 2.45) is 4.40 Å². The van der Waals surface area contributed by atoms with Crippen LogP contribution in [0.2, 0.25) is 0 Å². The van der Waals surface area contributed by atoms with Crippen LogP contribution in [0, 0.1) is 0 Å². The molecule has 0 radical (unpaired) electrons. The smallest absolute Gasteiger partial charge is 0.284 e.